The molecule has 26 heavy (non-hydrogen) atoms. The van der Waals surface area contributed by atoms with E-state index in [1.807, 2.05) is 60.7 Å². The standard InChI is InChI=1S/C20H23NO5/c21-16-17(22)18-15(12-24-19(26-18)14-9-5-2-6-10-14)25-20(16)23-11-13-7-3-1-4-8-13/h1-10,15-20,22H,11-12,21H2/t15-,16-,17-,18-,19?,20-/m1/s1. The molecule has 1 unspecified atom stereocenters. The molecule has 0 spiro atoms. The average Bonchev–Trinajstić information content (AvgIpc) is 2.71. The van der Waals surface area contributed by atoms with Crippen LogP contribution in [-0.2, 0) is 25.6 Å². The van der Waals surface area contributed by atoms with E-state index in [-0.39, 0.29) is 0 Å². The van der Waals surface area contributed by atoms with Gasteiger partial charge in [0.2, 0.25) is 0 Å². The number of hydrogen-bond donors (Lipinski definition) is 2. The van der Waals surface area contributed by atoms with Gasteiger partial charge in [-0.05, 0) is 5.56 Å². The van der Waals surface area contributed by atoms with Crippen molar-refractivity contribution >= 4 is 0 Å². The molecule has 2 heterocycles. The first-order valence-electron chi connectivity index (χ1n) is 8.79. The smallest absolute Gasteiger partial charge is 0.184 e. The molecule has 138 valence electrons. The molecule has 0 saturated carbocycles. The van der Waals surface area contributed by atoms with Crippen molar-refractivity contribution in [2.24, 2.45) is 5.73 Å². The van der Waals surface area contributed by atoms with E-state index in [1.54, 1.807) is 0 Å². The summed E-state index contributed by atoms with van der Waals surface area (Å²) in [5.41, 5.74) is 8.07. The van der Waals surface area contributed by atoms with E-state index in [9.17, 15) is 5.11 Å². The quantitative estimate of drug-likeness (QED) is 0.867. The molecule has 3 N–H and O–H groups in total. The number of rotatable bonds is 4. The lowest BCUT2D eigenvalue weighted by Gasteiger charge is -2.46. The fourth-order valence-electron chi connectivity index (χ4n) is 3.29. The fraction of sp³-hybridized carbons (Fsp3) is 0.400. The maximum Gasteiger partial charge on any atom is 0.184 e. The number of aliphatic hydroxyl groups excluding tert-OH is 1. The molecule has 2 aromatic rings. The van der Waals surface area contributed by atoms with Gasteiger partial charge in [0, 0.05) is 5.56 Å². The van der Waals surface area contributed by atoms with Crippen LogP contribution in [0.4, 0.5) is 0 Å². The van der Waals surface area contributed by atoms with Gasteiger partial charge in [0.05, 0.1) is 19.3 Å². The molecule has 6 heteroatoms. The molecule has 0 aliphatic carbocycles. The Bertz CT molecular complexity index is 696. The van der Waals surface area contributed by atoms with E-state index >= 15 is 0 Å². The van der Waals surface area contributed by atoms with Gasteiger partial charge in [0.15, 0.2) is 12.6 Å². The Balaban J connectivity index is 1.40. The highest BCUT2D eigenvalue weighted by Gasteiger charge is 2.48. The minimum absolute atomic E-state index is 0.305. The normalized spacial score (nSPS) is 34.2. The molecule has 2 aliphatic rings. The second kappa shape index (κ2) is 7.84. The fourth-order valence-corrected chi connectivity index (χ4v) is 3.29. The average molecular weight is 357 g/mol. The molecule has 0 bridgehead atoms. The van der Waals surface area contributed by atoms with Crippen LogP contribution in [-0.4, -0.2) is 42.4 Å². The molecule has 2 aromatic carbocycles. The molecule has 0 radical (unpaired) electrons. The van der Waals surface area contributed by atoms with Gasteiger partial charge in [-0.2, -0.15) is 0 Å². The Hall–Kier alpha value is -1.80. The zero-order valence-corrected chi connectivity index (χ0v) is 14.3. The number of hydrogen-bond acceptors (Lipinski definition) is 6. The lowest BCUT2D eigenvalue weighted by Crippen LogP contribution is -2.64. The van der Waals surface area contributed by atoms with Crippen molar-refractivity contribution < 1.29 is 24.1 Å². The molecular weight excluding hydrogens is 334 g/mol. The van der Waals surface area contributed by atoms with E-state index in [2.05, 4.69) is 0 Å². The largest absolute Gasteiger partial charge is 0.388 e. The third kappa shape index (κ3) is 3.66. The summed E-state index contributed by atoms with van der Waals surface area (Å²) in [7, 11) is 0. The van der Waals surface area contributed by atoms with E-state index in [0.717, 1.165) is 11.1 Å². The number of fused-ring (bicyclic) bond motifs is 1. The highest BCUT2D eigenvalue weighted by atomic mass is 16.7. The van der Waals surface area contributed by atoms with Crippen molar-refractivity contribution in [2.75, 3.05) is 6.61 Å². The molecule has 4 rings (SSSR count). The highest BCUT2D eigenvalue weighted by molar-refractivity contribution is 5.17. The van der Waals surface area contributed by atoms with Gasteiger partial charge in [0.25, 0.3) is 0 Å². The second-order valence-electron chi connectivity index (χ2n) is 6.58. The summed E-state index contributed by atoms with van der Waals surface area (Å²) in [5.74, 6) is 0. The Labute approximate surface area is 152 Å². The summed E-state index contributed by atoms with van der Waals surface area (Å²) in [6, 6.07) is 18.7. The molecule has 2 aliphatic heterocycles. The Morgan fingerprint density at radius 3 is 2.42 bits per heavy atom. The second-order valence-corrected chi connectivity index (χ2v) is 6.58. The first kappa shape index (κ1) is 17.6. The number of benzene rings is 2. The van der Waals surface area contributed by atoms with Gasteiger partial charge in [-0.3, -0.25) is 0 Å². The van der Waals surface area contributed by atoms with Gasteiger partial charge in [0.1, 0.15) is 18.3 Å². The molecule has 2 fully saturated rings. The first-order chi connectivity index (χ1) is 12.7. The lowest BCUT2D eigenvalue weighted by atomic mass is 9.96. The van der Waals surface area contributed by atoms with Crippen molar-refractivity contribution in [2.45, 2.75) is 43.5 Å². The zero-order valence-electron chi connectivity index (χ0n) is 14.3. The van der Waals surface area contributed by atoms with Crippen molar-refractivity contribution in [3.63, 3.8) is 0 Å². The van der Waals surface area contributed by atoms with Crippen LogP contribution >= 0.6 is 0 Å². The Morgan fingerprint density at radius 2 is 1.69 bits per heavy atom. The highest BCUT2D eigenvalue weighted by Crippen LogP contribution is 2.33. The van der Waals surface area contributed by atoms with Crippen LogP contribution in [0.25, 0.3) is 0 Å². The van der Waals surface area contributed by atoms with E-state index < -0.39 is 36.9 Å². The van der Waals surface area contributed by atoms with Crippen LogP contribution in [0.3, 0.4) is 0 Å². The van der Waals surface area contributed by atoms with Gasteiger partial charge in [-0.1, -0.05) is 60.7 Å². The summed E-state index contributed by atoms with van der Waals surface area (Å²) >= 11 is 0. The van der Waals surface area contributed by atoms with Gasteiger partial charge in [-0.15, -0.1) is 0 Å². The van der Waals surface area contributed by atoms with E-state index in [0.29, 0.717) is 13.2 Å². The summed E-state index contributed by atoms with van der Waals surface area (Å²) in [4.78, 5) is 0. The third-order valence-electron chi connectivity index (χ3n) is 4.74. The first-order valence-corrected chi connectivity index (χ1v) is 8.79. The maximum absolute atomic E-state index is 10.6. The summed E-state index contributed by atoms with van der Waals surface area (Å²) in [6.45, 7) is 0.664. The monoisotopic (exact) mass is 357 g/mol. The van der Waals surface area contributed by atoms with Crippen molar-refractivity contribution in [3.05, 3.63) is 71.8 Å². The van der Waals surface area contributed by atoms with Crippen LogP contribution in [0.2, 0.25) is 0 Å². The summed E-state index contributed by atoms with van der Waals surface area (Å²) in [6.07, 6.45) is -3.13. The topological polar surface area (TPSA) is 83.2 Å². The molecular formula is C20H23NO5. The van der Waals surface area contributed by atoms with Gasteiger partial charge in [-0.25, -0.2) is 0 Å². The number of nitrogens with two attached hydrogens (primary N) is 1. The SMILES string of the molecule is N[C@H]1[C@H](OCc2ccccc2)O[C@@H]2COC(c3ccccc3)O[C@H]2[C@@H]1O. The summed E-state index contributed by atoms with van der Waals surface area (Å²) in [5, 5.41) is 10.6. The molecule has 2 saturated heterocycles. The third-order valence-corrected chi connectivity index (χ3v) is 4.74. The van der Waals surface area contributed by atoms with Crippen LogP contribution in [0.15, 0.2) is 60.7 Å². The predicted octanol–water partition coefficient (Wildman–Crippen LogP) is 1.73. The molecule has 6 nitrogen and oxygen atoms in total. The molecule has 0 aromatic heterocycles. The van der Waals surface area contributed by atoms with Crippen LogP contribution in [0.5, 0.6) is 0 Å². The lowest BCUT2D eigenvalue weighted by molar-refractivity contribution is -0.343. The molecule has 6 atom stereocenters. The minimum atomic E-state index is -0.898. The van der Waals surface area contributed by atoms with Crippen LogP contribution in [0.1, 0.15) is 17.4 Å². The number of ether oxygens (including phenoxy) is 4. The Kier molecular flexibility index (Phi) is 5.31. The Morgan fingerprint density at radius 1 is 1.00 bits per heavy atom. The summed E-state index contributed by atoms with van der Waals surface area (Å²) < 4.78 is 23.4. The minimum Gasteiger partial charge on any atom is -0.388 e. The van der Waals surface area contributed by atoms with Crippen molar-refractivity contribution in [3.8, 4) is 0 Å². The zero-order chi connectivity index (χ0) is 17.9. The van der Waals surface area contributed by atoms with Crippen LogP contribution in [0, 0.1) is 0 Å². The predicted molar refractivity (Wildman–Crippen MR) is 93.9 cm³/mol. The van der Waals surface area contributed by atoms with Crippen molar-refractivity contribution in [1.29, 1.82) is 0 Å². The van der Waals surface area contributed by atoms with Gasteiger partial charge < -0.3 is 29.8 Å². The van der Waals surface area contributed by atoms with E-state index in [4.69, 9.17) is 24.7 Å². The van der Waals surface area contributed by atoms with Gasteiger partial charge >= 0.3 is 0 Å². The maximum atomic E-state index is 10.6. The van der Waals surface area contributed by atoms with E-state index in [1.165, 1.54) is 0 Å². The van der Waals surface area contributed by atoms with Crippen molar-refractivity contribution in [1.82, 2.24) is 0 Å². The molecule has 0 amide bonds. The van der Waals surface area contributed by atoms with Crippen LogP contribution < -0.4 is 5.73 Å². The number of aliphatic hydroxyl groups is 1.